The summed E-state index contributed by atoms with van der Waals surface area (Å²) in [4.78, 5) is 25.2. The first-order chi connectivity index (χ1) is 14.0. The Morgan fingerprint density at radius 1 is 1.10 bits per heavy atom. The molecule has 1 aromatic heterocycles. The topological polar surface area (TPSA) is 82.5 Å². The second kappa shape index (κ2) is 7.97. The maximum Gasteiger partial charge on any atom is 0.280 e. The van der Waals surface area contributed by atoms with Crippen molar-refractivity contribution in [3.05, 3.63) is 75.2 Å². The van der Waals surface area contributed by atoms with Crippen molar-refractivity contribution in [2.24, 2.45) is 0 Å². The number of amides is 1. The van der Waals surface area contributed by atoms with Gasteiger partial charge in [0.15, 0.2) is 17.2 Å². The van der Waals surface area contributed by atoms with Crippen LogP contribution in [-0.2, 0) is 0 Å². The molecule has 1 amide bonds. The van der Waals surface area contributed by atoms with Crippen LogP contribution in [0.1, 0.15) is 22.6 Å². The van der Waals surface area contributed by atoms with Crippen molar-refractivity contribution in [3.63, 3.8) is 0 Å². The molecule has 1 aliphatic rings. The molecule has 148 valence electrons. The number of para-hydroxylation sites is 1. The number of hydrogen-bond donors (Lipinski definition) is 1. The third kappa shape index (κ3) is 3.95. The number of benzene rings is 2. The van der Waals surface area contributed by atoms with Crippen LogP contribution in [-0.4, -0.2) is 28.9 Å². The Labute approximate surface area is 171 Å². The lowest BCUT2D eigenvalue weighted by Gasteiger charge is -2.13. The second-order valence-electron chi connectivity index (χ2n) is 6.53. The predicted octanol–water partition coefficient (Wildman–Crippen LogP) is 3.61. The van der Waals surface area contributed by atoms with Crippen LogP contribution in [0.15, 0.2) is 53.3 Å². The Balaban J connectivity index is 1.66. The van der Waals surface area contributed by atoms with E-state index in [0.29, 0.717) is 46.8 Å². The van der Waals surface area contributed by atoms with E-state index >= 15 is 0 Å². The Morgan fingerprint density at radius 3 is 2.66 bits per heavy atom. The van der Waals surface area contributed by atoms with Crippen molar-refractivity contribution < 1.29 is 14.3 Å². The Morgan fingerprint density at radius 2 is 1.86 bits per heavy atom. The maximum absolute atomic E-state index is 12.8. The summed E-state index contributed by atoms with van der Waals surface area (Å²) in [7, 11) is 0. The molecule has 1 aliphatic heterocycles. The molecule has 0 radical (unpaired) electrons. The number of hydrogen-bond acceptors (Lipinski definition) is 5. The number of nitrogens with zero attached hydrogens (tertiary/aromatic N) is 2. The van der Waals surface area contributed by atoms with Crippen LogP contribution in [0.5, 0.6) is 11.5 Å². The second-order valence-corrected chi connectivity index (χ2v) is 6.94. The summed E-state index contributed by atoms with van der Waals surface area (Å²) < 4.78 is 12.7. The van der Waals surface area contributed by atoms with Crippen molar-refractivity contribution in [1.82, 2.24) is 9.78 Å². The zero-order valence-corrected chi connectivity index (χ0v) is 16.4. The number of halogens is 1. The van der Waals surface area contributed by atoms with E-state index in [-0.39, 0.29) is 5.69 Å². The number of aromatic nitrogens is 2. The van der Waals surface area contributed by atoms with E-state index in [4.69, 9.17) is 21.1 Å². The lowest BCUT2D eigenvalue weighted by atomic mass is 10.2. The van der Waals surface area contributed by atoms with Gasteiger partial charge in [-0.15, -0.1) is 0 Å². The van der Waals surface area contributed by atoms with Gasteiger partial charge in [0.2, 0.25) is 5.43 Å². The average molecular weight is 412 g/mol. The summed E-state index contributed by atoms with van der Waals surface area (Å²) in [6, 6.07) is 13.5. The Hall–Kier alpha value is -3.32. The van der Waals surface area contributed by atoms with Crippen LogP contribution in [0.2, 0.25) is 5.02 Å². The minimum Gasteiger partial charge on any atom is -0.490 e. The standard InChI is InChI=1S/C21H18ClN3O4/c1-13-11-17(26)20(24-25(13)16-6-3-2-5-15(16)22)21(27)23-14-7-8-18-19(12-14)29-10-4-9-28-18/h2-3,5-8,11-12H,4,9-10H2,1H3,(H,23,27). The van der Waals surface area contributed by atoms with Crippen molar-refractivity contribution in [3.8, 4) is 17.2 Å². The number of carbonyl (C=O) groups is 1. The monoisotopic (exact) mass is 411 g/mol. The summed E-state index contributed by atoms with van der Waals surface area (Å²) in [5.74, 6) is 0.547. The van der Waals surface area contributed by atoms with Gasteiger partial charge in [0.25, 0.3) is 5.91 Å². The van der Waals surface area contributed by atoms with Gasteiger partial charge in [0.1, 0.15) is 0 Å². The van der Waals surface area contributed by atoms with Gasteiger partial charge in [-0.1, -0.05) is 23.7 Å². The number of anilines is 1. The van der Waals surface area contributed by atoms with Gasteiger partial charge in [-0.25, -0.2) is 4.68 Å². The third-order valence-electron chi connectivity index (χ3n) is 4.41. The van der Waals surface area contributed by atoms with Crippen molar-refractivity contribution in [1.29, 1.82) is 0 Å². The van der Waals surface area contributed by atoms with Crippen LogP contribution in [0.3, 0.4) is 0 Å². The molecular formula is C21H18ClN3O4. The number of carbonyl (C=O) groups excluding carboxylic acids is 1. The quantitative estimate of drug-likeness (QED) is 0.712. The number of fused-ring (bicyclic) bond motifs is 1. The molecule has 0 saturated carbocycles. The fourth-order valence-corrected chi connectivity index (χ4v) is 3.22. The number of rotatable bonds is 3. The van der Waals surface area contributed by atoms with E-state index in [9.17, 15) is 9.59 Å². The molecule has 2 heterocycles. The van der Waals surface area contributed by atoms with Crippen LogP contribution < -0.4 is 20.2 Å². The molecule has 0 fully saturated rings. The molecule has 0 unspecified atom stereocenters. The van der Waals surface area contributed by atoms with Crippen molar-refractivity contribution in [2.75, 3.05) is 18.5 Å². The molecule has 2 aromatic carbocycles. The summed E-state index contributed by atoms with van der Waals surface area (Å²) in [6.45, 7) is 2.84. The van der Waals surface area contributed by atoms with E-state index in [2.05, 4.69) is 10.4 Å². The SMILES string of the molecule is Cc1cc(=O)c(C(=O)Nc2ccc3c(c2)OCCCO3)nn1-c1ccccc1Cl. The zero-order valence-electron chi connectivity index (χ0n) is 15.6. The highest BCUT2D eigenvalue weighted by molar-refractivity contribution is 6.32. The fraction of sp³-hybridized carbons (Fsp3) is 0.190. The first kappa shape index (κ1) is 19.0. The molecule has 8 heteroatoms. The molecule has 7 nitrogen and oxygen atoms in total. The van der Waals surface area contributed by atoms with Crippen LogP contribution in [0.4, 0.5) is 5.69 Å². The summed E-state index contributed by atoms with van der Waals surface area (Å²) >= 11 is 6.25. The van der Waals surface area contributed by atoms with Gasteiger partial charge in [-0.3, -0.25) is 9.59 Å². The van der Waals surface area contributed by atoms with Gasteiger partial charge in [0.05, 0.1) is 23.9 Å². The van der Waals surface area contributed by atoms with Crippen molar-refractivity contribution in [2.45, 2.75) is 13.3 Å². The van der Waals surface area contributed by atoms with Gasteiger partial charge >= 0.3 is 0 Å². The highest BCUT2D eigenvalue weighted by Gasteiger charge is 2.18. The predicted molar refractivity (Wildman–Crippen MR) is 110 cm³/mol. The van der Waals surface area contributed by atoms with Gasteiger partial charge in [0, 0.05) is 29.9 Å². The largest absolute Gasteiger partial charge is 0.490 e. The maximum atomic E-state index is 12.8. The minimum atomic E-state index is -0.620. The average Bonchev–Trinajstić information content (AvgIpc) is 2.94. The molecule has 3 aromatic rings. The molecular weight excluding hydrogens is 394 g/mol. The van der Waals surface area contributed by atoms with Crippen molar-refractivity contribution >= 4 is 23.2 Å². The minimum absolute atomic E-state index is 0.234. The molecule has 4 rings (SSSR count). The number of ether oxygens (including phenoxy) is 2. The molecule has 0 bridgehead atoms. The lowest BCUT2D eigenvalue weighted by Crippen LogP contribution is -2.27. The first-order valence-electron chi connectivity index (χ1n) is 9.10. The van der Waals surface area contributed by atoms with E-state index in [1.807, 2.05) is 0 Å². The highest BCUT2D eigenvalue weighted by atomic mass is 35.5. The molecule has 1 N–H and O–H groups in total. The molecule has 0 aliphatic carbocycles. The Kier molecular flexibility index (Phi) is 5.22. The van der Waals surface area contributed by atoms with E-state index in [1.54, 1.807) is 49.4 Å². The fourth-order valence-electron chi connectivity index (χ4n) is 3.00. The van der Waals surface area contributed by atoms with Gasteiger partial charge < -0.3 is 14.8 Å². The summed E-state index contributed by atoms with van der Waals surface area (Å²) in [5, 5.41) is 7.41. The molecule has 0 atom stereocenters. The smallest absolute Gasteiger partial charge is 0.280 e. The molecule has 0 saturated heterocycles. The van der Waals surface area contributed by atoms with Crippen LogP contribution in [0, 0.1) is 6.92 Å². The van der Waals surface area contributed by atoms with E-state index in [0.717, 1.165) is 6.42 Å². The summed E-state index contributed by atoms with van der Waals surface area (Å²) in [5.41, 5.74) is 0.914. The third-order valence-corrected chi connectivity index (χ3v) is 4.73. The Bertz CT molecular complexity index is 1140. The zero-order chi connectivity index (χ0) is 20.4. The number of nitrogens with one attached hydrogen (secondary N) is 1. The van der Waals surface area contributed by atoms with Gasteiger partial charge in [-0.05, 0) is 31.2 Å². The number of aryl methyl sites for hydroxylation is 1. The summed E-state index contributed by atoms with van der Waals surface area (Å²) in [6.07, 6.45) is 0.783. The highest BCUT2D eigenvalue weighted by Crippen LogP contribution is 2.32. The van der Waals surface area contributed by atoms with Gasteiger partial charge in [-0.2, -0.15) is 5.10 Å². The normalized spacial score (nSPS) is 12.9. The van der Waals surface area contributed by atoms with E-state index in [1.165, 1.54) is 10.7 Å². The van der Waals surface area contributed by atoms with Crippen LogP contribution >= 0.6 is 11.6 Å². The van der Waals surface area contributed by atoms with Crippen LogP contribution in [0.25, 0.3) is 5.69 Å². The van der Waals surface area contributed by atoms with E-state index < -0.39 is 11.3 Å². The first-order valence-corrected chi connectivity index (χ1v) is 9.47. The molecule has 29 heavy (non-hydrogen) atoms. The lowest BCUT2D eigenvalue weighted by molar-refractivity contribution is 0.101. The molecule has 0 spiro atoms.